The van der Waals surface area contributed by atoms with Gasteiger partial charge in [0.15, 0.2) is 15.1 Å². The number of hydrogen-bond acceptors (Lipinski definition) is 7. The monoisotopic (exact) mass is 569 g/mol. The zero-order valence-electron chi connectivity index (χ0n) is 18.2. The molecule has 0 amide bonds. The van der Waals surface area contributed by atoms with Gasteiger partial charge in [-0.1, -0.05) is 46.9 Å². The summed E-state index contributed by atoms with van der Waals surface area (Å²) in [5.41, 5.74) is 2.26. The van der Waals surface area contributed by atoms with Crippen molar-refractivity contribution in [3.63, 3.8) is 0 Å². The second-order valence-electron chi connectivity index (χ2n) is 7.69. The standard InChI is InChI=1S/C22H18Cl3N5O3S2/c1-33-16-5-2-13(3-6-16)19-11-15(28-30(19)18-7-4-14(23)10-17(18)24)12-26-35(31,32)21-20(25)27-22-29(21)8-9-34-22/h2-10,19,26H,11-12H2,1H3. The highest BCUT2D eigenvalue weighted by molar-refractivity contribution is 7.89. The summed E-state index contributed by atoms with van der Waals surface area (Å²) in [6.45, 7) is -0.00953. The molecule has 35 heavy (non-hydrogen) atoms. The Balaban J connectivity index is 1.44. The number of nitrogens with zero attached hydrogens (tertiary/aromatic N) is 4. The molecule has 0 bridgehead atoms. The van der Waals surface area contributed by atoms with E-state index < -0.39 is 10.0 Å². The predicted octanol–water partition coefficient (Wildman–Crippen LogP) is 5.65. The Kier molecular flexibility index (Phi) is 6.69. The van der Waals surface area contributed by atoms with Crippen LogP contribution in [0, 0.1) is 0 Å². The second kappa shape index (κ2) is 9.61. The molecule has 13 heteroatoms. The molecule has 1 N–H and O–H groups in total. The molecule has 2 aromatic carbocycles. The summed E-state index contributed by atoms with van der Waals surface area (Å²) in [7, 11) is -2.35. The van der Waals surface area contributed by atoms with Gasteiger partial charge >= 0.3 is 0 Å². The fourth-order valence-corrected chi connectivity index (χ4v) is 6.84. The van der Waals surface area contributed by atoms with E-state index in [1.54, 1.807) is 41.9 Å². The lowest BCUT2D eigenvalue weighted by molar-refractivity contribution is 0.414. The van der Waals surface area contributed by atoms with E-state index >= 15 is 0 Å². The van der Waals surface area contributed by atoms with Gasteiger partial charge in [-0.15, -0.1) is 11.3 Å². The van der Waals surface area contributed by atoms with Crippen LogP contribution < -0.4 is 14.5 Å². The van der Waals surface area contributed by atoms with Crippen LogP contribution in [0.2, 0.25) is 15.2 Å². The average Bonchev–Trinajstić information content (AvgIpc) is 3.52. The minimum Gasteiger partial charge on any atom is -0.497 e. The Morgan fingerprint density at radius 3 is 2.66 bits per heavy atom. The molecule has 0 spiro atoms. The van der Waals surface area contributed by atoms with Crippen molar-refractivity contribution in [3.05, 3.63) is 74.8 Å². The fourth-order valence-electron chi connectivity index (χ4n) is 3.88. The number of fused-ring (bicyclic) bond motifs is 1. The summed E-state index contributed by atoms with van der Waals surface area (Å²) < 4.78 is 35.5. The van der Waals surface area contributed by atoms with Crippen LogP contribution >= 0.6 is 46.1 Å². The first kappa shape index (κ1) is 24.4. The van der Waals surface area contributed by atoms with Gasteiger partial charge in [-0.3, -0.25) is 9.41 Å². The first-order chi connectivity index (χ1) is 16.8. The van der Waals surface area contributed by atoms with E-state index in [0.29, 0.717) is 32.8 Å². The lowest BCUT2D eigenvalue weighted by Crippen LogP contribution is -2.30. The Bertz CT molecular complexity index is 1530. The number of methoxy groups -OCH3 is 1. The van der Waals surface area contributed by atoms with Gasteiger partial charge in [-0.05, 0) is 35.9 Å². The molecule has 0 saturated heterocycles. The lowest BCUT2D eigenvalue weighted by atomic mass is 10.0. The molecule has 1 aliphatic heterocycles. The SMILES string of the molecule is COc1ccc(C2CC(CNS(=O)(=O)c3c(Cl)nc4sccn34)=NN2c2ccc(Cl)cc2Cl)cc1. The van der Waals surface area contributed by atoms with Gasteiger partial charge in [0, 0.05) is 23.0 Å². The van der Waals surface area contributed by atoms with Crippen molar-refractivity contribution < 1.29 is 13.2 Å². The molecule has 0 aliphatic carbocycles. The van der Waals surface area contributed by atoms with Crippen molar-refractivity contribution in [1.29, 1.82) is 0 Å². The van der Waals surface area contributed by atoms with Crippen LogP contribution in [-0.2, 0) is 10.0 Å². The molecular weight excluding hydrogens is 553 g/mol. The van der Waals surface area contributed by atoms with Crippen molar-refractivity contribution >= 4 is 72.5 Å². The second-order valence-corrected chi connectivity index (χ2v) is 11.4. The zero-order valence-corrected chi connectivity index (χ0v) is 22.1. The third kappa shape index (κ3) is 4.74. The summed E-state index contributed by atoms with van der Waals surface area (Å²) in [6.07, 6.45) is 2.09. The highest BCUT2D eigenvalue weighted by Crippen LogP contribution is 2.40. The quantitative estimate of drug-likeness (QED) is 0.310. The number of aromatic nitrogens is 2. The topological polar surface area (TPSA) is 88.3 Å². The van der Waals surface area contributed by atoms with Gasteiger partial charge in [0.1, 0.15) is 5.75 Å². The third-order valence-electron chi connectivity index (χ3n) is 5.53. The number of anilines is 1. The van der Waals surface area contributed by atoms with Gasteiger partial charge in [0.05, 0.1) is 36.1 Å². The van der Waals surface area contributed by atoms with Crippen LogP contribution in [0.1, 0.15) is 18.0 Å². The number of ether oxygens (including phenoxy) is 1. The number of hydrazone groups is 1. The summed E-state index contributed by atoms with van der Waals surface area (Å²) in [5, 5.41) is 9.01. The molecule has 0 fully saturated rings. The van der Waals surface area contributed by atoms with Crippen LogP contribution in [0.15, 0.2) is 64.2 Å². The minimum absolute atomic E-state index is 0.00953. The van der Waals surface area contributed by atoms with Gasteiger partial charge in [0.2, 0.25) is 0 Å². The molecule has 1 atom stereocenters. The normalized spacial score (nSPS) is 16.2. The van der Waals surface area contributed by atoms with E-state index in [1.807, 2.05) is 24.3 Å². The zero-order chi connectivity index (χ0) is 24.7. The highest BCUT2D eigenvalue weighted by atomic mass is 35.5. The van der Waals surface area contributed by atoms with Crippen molar-refractivity contribution in [2.75, 3.05) is 18.7 Å². The summed E-state index contributed by atoms with van der Waals surface area (Å²) in [4.78, 5) is 4.60. The molecule has 4 aromatic rings. The average molecular weight is 571 g/mol. The van der Waals surface area contributed by atoms with Crippen molar-refractivity contribution in [1.82, 2.24) is 14.1 Å². The Morgan fingerprint density at radius 2 is 1.94 bits per heavy atom. The smallest absolute Gasteiger partial charge is 0.260 e. The number of thiazole rings is 1. The Morgan fingerprint density at radius 1 is 1.17 bits per heavy atom. The number of halogens is 3. The molecule has 1 unspecified atom stereocenters. The maximum Gasteiger partial charge on any atom is 0.260 e. The van der Waals surface area contributed by atoms with E-state index in [4.69, 9.17) is 44.6 Å². The van der Waals surface area contributed by atoms with Crippen LogP contribution in [-0.4, -0.2) is 37.2 Å². The van der Waals surface area contributed by atoms with Crippen LogP contribution in [0.5, 0.6) is 5.75 Å². The highest BCUT2D eigenvalue weighted by Gasteiger charge is 2.32. The number of hydrogen-bond donors (Lipinski definition) is 1. The van der Waals surface area contributed by atoms with Gasteiger partial charge in [0.25, 0.3) is 10.0 Å². The number of sulfonamides is 1. The van der Waals surface area contributed by atoms with E-state index in [2.05, 4.69) is 9.71 Å². The molecule has 0 radical (unpaired) electrons. The Hall–Kier alpha value is -2.34. The van der Waals surface area contributed by atoms with Crippen molar-refractivity contribution in [3.8, 4) is 5.75 Å². The van der Waals surface area contributed by atoms with Gasteiger partial charge < -0.3 is 4.74 Å². The van der Waals surface area contributed by atoms with E-state index in [-0.39, 0.29) is 22.8 Å². The molecule has 1 aliphatic rings. The number of nitrogens with one attached hydrogen (secondary N) is 1. The minimum atomic E-state index is -3.95. The Labute approximate surface area is 220 Å². The fraction of sp³-hybridized carbons (Fsp3) is 0.182. The van der Waals surface area contributed by atoms with Crippen LogP contribution in [0.4, 0.5) is 5.69 Å². The maximum absolute atomic E-state index is 13.1. The maximum atomic E-state index is 13.1. The van der Waals surface area contributed by atoms with E-state index in [1.165, 1.54) is 15.7 Å². The van der Waals surface area contributed by atoms with Crippen molar-refractivity contribution in [2.24, 2.45) is 5.10 Å². The lowest BCUT2D eigenvalue weighted by Gasteiger charge is -2.25. The first-order valence-electron chi connectivity index (χ1n) is 10.3. The van der Waals surface area contributed by atoms with E-state index in [0.717, 1.165) is 11.3 Å². The van der Waals surface area contributed by atoms with Gasteiger partial charge in [-0.25, -0.2) is 18.1 Å². The molecule has 8 nitrogen and oxygen atoms in total. The van der Waals surface area contributed by atoms with Crippen molar-refractivity contribution in [2.45, 2.75) is 17.5 Å². The van der Waals surface area contributed by atoms with Gasteiger partial charge in [-0.2, -0.15) is 5.10 Å². The molecule has 2 aromatic heterocycles. The number of benzene rings is 2. The van der Waals surface area contributed by atoms with E-state index in [9.17, 15) is 8.42 Å². The number of rotatable bonds is 7. The van der Waals surface area contributed by atoms with Crippen LogP contribution in [0.3, 0.4) is 0 Å². The first-order valence-corrected chi connectivity index (χ1v) is 13.8. The third-order valence-corrected chi connectivity index (χ3v) is 8.62. The van der Waals surface area contributed by atoms with Crippen LogP contribution in [0.25, 0.3) is 4.96 Å². The molecule has 3 heterocycles. The summed E-state index contributed by atoms with van der Waals surface area (Å²) in [6, 6.07) is 12.6. The number of imidazole rings is 1. The molecule has 5 rings (SSSR count). The molecular formula is C22H18Cl3N5O3S2. The summed E-state index contributed by atoms with van der Waals surface area (Å²) >= 11 is 20.0. The largest absolute Gasteiger partial charge is 0.497 e. The summed E-state index contributed by atoms with van der Waals surface area (Å²) in [5.74, 6) is 0.731. The molecule has 0 saturated carbocycles. The predicted molar refractivity (Wildman–Crippen MR) is 140 cm³/mol. The molecule has 182 valence electrons.